The molecule has 3 aromatic heterocycles. The van der Waals surface area contributed by atoms with Gasteiger partial charge in [0.15, 0.2) is 6.20 Å². The van der Waals surface area contributed by atoms with Gasteiger partial charge in [-0.15, -0.1) is 0 Å². The molecule has 0 saturated heterocycles. The number of furan rings is 1. The smallest absolute Gasteiger partial charge is 0.216 e. The minimum absolute atomic E-state index is 0.453. The summed E-state index contributed by atoms with van der Waals surface area (Å²) in [5.74, 6) is 0. The number of aromatic nitrogens is 2. The summed E-state index contributed by atoms with van der Waals surface area (Å²) >= 11 is 0. The van der Waals surface area contributed by atoms with E-state index in [-0.39, 0.29) is 0 Å². The van der Waals surface area contributed by atoms with Gasteiger partial charge in [-0.3, -0.25) is 4.98 Å². The maximum Gasteiger partial charge on any atom is 0.216 e. The van der Waals surface area contributed by atoms with E-state index in [9.17, 15) is 0 Å². The summed E-state index contributed by atoms with van der Waals surface area (Å²) in [6, 6.07) is 25.0. The lowest BCUT2D eigenvalue weighted by atomic mass is 9.90. The molecule has 3 heterocycles. The first-order valence-electron chi connectivity index (χ1n) is 13.4. The third-order valence-electron chi connectivity index (χ3n) is 6.73. The SMILES string of the molecule is [2H]C([2H])(c1ccc(-c2ccc(-c3c(C)ccc4c3oc3c5ccccc5ccc43)[n+](C)c2)cn1)C(C)(C)C. The molecule has 178 valence electrons. The van der Waals surface area contributed by atoms with Gasteiger partial charge in [-0.1, -0.05) is 69.3 Å². The maximum absolute atomic E-state index is 8.51. The van der Waals surface area contributed by atoms with Crippen LogP contribution in [-0.4, -0.2) is 4.98 Å². The van der Waals surface area contributed by atoms with Crippen molar-refractivity contribution >= 4 is 32.7 Å². The minimum atomic E-state index is -1.52. The quantitative estimate of drug-likeness (QED) is 0.243. The van der Waals surface area contributed by atoms with Crippen molar-refractivity contribution in [2.24, 2.45) is 12.5 Å². The lowest BCUT2D eigenvalue weighted by Crippen LogP contribution is -2.31. The van der Waals surface area contributed by atoms with Gasteiger partial charge in [0.2, 0.25) is 5.69 Å². The monoisotopic (exact) mass is 473 g/mol. The van der Waals surface area contributed by atoms with E-state index in [1.54, 1.807) is 12.3 Å². The summed E-state index contributed by atoms with van der Waals surface area (Å²) < 4.78 is 25.8. The Labute approximate surface area is 214 Å². The first-order valence-corrected chi connectivity index (χ1v) is 12.4. The lowest BCUT2D eigenvalue weighted by Gasteiger charge is -2.17. The molecule has 3 nitrogen and oxygen atoms in total. The predicted octanol–water partition coefficient (Wildman–Crippen LogP) is 8.19. The van der Waals surface area contributed by atoms with Crippen molar-refractivity contribution in [3.63, 3.8) is 0 Å². The standard InChI is InChI=1S/C33H31N2O/c1-21-10-15-28-27-16-12-22-8-6-7-9-26(22)31(27)36-32(28)30(21)29-17-13-24(20-35(29)5)23-11-14-25(34-19-23)18-33(2,3)4/h6-17,19-20H,18H2,1-5H3/q+1/i18D2. The fourth-order valence-electron chi connectivity index (χ4n) is 5.05. The second kappa shape index (κ2) is 8.30. The Morgan fingerprint density at radius 1 is 0.833 bits per heavy atom. The average molecular weight is 474 g/mol. The Kier molecular flexibility index (Phi) is 4.67. The van der Waals surface area contributed by atoms with Crippen LogP contribution in [0, 0.1) is 12.3 Å². The largest absolute Gasteiger partial charge is 0.454 e. The molecule has 0 radical (unpaired) electrons. The third-order valence-corrected chi connectivity index (χ3v) is 6.73. The van der Waals surface area contributed by atoms with Gasteiger partial charge < -0.3 is 4.42 Å². The first-order chi connectivity index (χ1) is 18.1. The molecule has 0 atom stereocenters. The molecule has 6 rings (SSSR count). The Morgan fingerprint density at radius 3 is 2.33 bits per heavy atom. The molecular formula is C33H31N2O+. The predicted molar refractivity (Wildman–Crippen MR) is 149 cm³/mol. The van der Waals surface area contributed by atoms with Crippen LogP contribution >= 0.6 is 0 Å². The molecule has 0 unspecified atom stereocenters. The van der Waals surface area contributed by atoms with Gasteiger partial charge in [0.05, 0.1) is 5.56 Å². The first kappa shape index (κ1) is 20.2. The highest BCUT2D eigenvalue weighted by atomic mass is 16.3. The molecule has 0 bridgehead atoms. The highest BCUT2D eigenvalue weighted by Crippen LogP contribution is 2.39. The molecule has 3 heteroatoms. The van der Waals surface area contributed by atoms with Crippen LogP contribution in [-0.2, 0) is 13.4 Å². The molecule has 36 heavy (non-hydrogen) atoms. The Hall–Kier alpha value is -3.98. The second-order valence-corrected chi connectivity index (χ2v) is 10.6. The van der Waals surface area contributed by atoms with E-state index in [0.717, 1.165) is 55.3 Å². The van der Waals surface area contributed by atoms with Gasteiger partial charge in [0, 0.05) is 48.0 Å². The van der Waals surface area contributed by atoms with Gasteiger partial charge in [0.1, 0.15) is 18.2 Å². The summed E-state index contributed by atoms with van der Waals surface area (Å²) in [7, 11) is 2.05. The van der Waals surface area contributed by atoms with Gasteiger partial charge in [-0.25, -0.2) is 4.57 Å². The summed E-state index contributed by atoms with van der Waals surface area (Å²) in [4.78, 5) is 4.51. The molecule has 0 fully saturated rings. The van der Waals surface area contributed by atoms with E-state index in [4.69, 9.17) is 7.16 Å². The highest BCUT2D eigenvalue weighted by Gasteiger charge is 2.22. The van der Waals surface area contributed by atoms with E-state index in [1.807, 2.05) is 26.8 Å². The van der Waals surface area contributed by atoms with E-state index in [0.29, 0.717) is 5.69 Å². The molecular weight excluding hydrogens is 440 g/mol. The number of aryl methyl sites for hydroxylation is 2. The molecule has 3 aromatic carbocycles. The summed E-state index contributed by atoms with van der Waals surface area (Å²) in [5, 5.41) is 4.53. The topological polar surface area (TPSA) is 29.9 Å². The summed E-state index contributed by atoms with van der Waals surface area (Å²) in [5.41, 5.74) is 7.00. The fourth-order valence-corrected chi connectivity index (χ4v) is 5.05. The number of pyridine rings is 2. The van der Waals surface area contributed by atoms with Crippen molar-refractivity contribution in [3.05, 3.63) is 96.4 Å². The van der Waals surface area contributed by atoms with E-state index < -0.39 is 11.8 Å². The van der Waals surface area contributed by atoms with Crippen molar-refractivity contribution in [3.8, 4) is 22.4 Å². The number of hydrogen-bond acceptors (Lipinski definition) is 2. The number of rotatable bonds is 3. The molecule has 0 saturated carbocycles. The molecule has 0 aliphatic heterocycles. The van der Waals surface area contributed by atoms with Crippen LogP contribution in [0.3, 0.4) is 0 Å². The zero-order valence-electron chi connectivity index (χ0n) is 23.4. The van der Waals surface area contributed by atoms with Crippen LogP contribution in [0.5, 0.6) is 0 Å². The van der Waals surface area contributed by atoms with Crippen molar-refractivity contribution in [1.82, 2.24) is 4.98 Å². The number of hydrogen-bond donors (Lipinski definition) is 0. The Bertz CT molecular complexity index is 1840. The van der Waals surface area contributed by atoms with Crippen molar-refractivity contribution in [2.45, 2.75) is 34.1 Å². The van der Waals surface area contributed by atoms with Crippen LogP contribution < -0.4 is 4.57 Å². The van der Waals surface area contributed by atoms with Crippen LogP contribution in [0.15, 0.2) is 89.6 Å². The fraction of sp³-hybridized carbons (Fsp3) is 0.212. The second-order valence-electron chi connectivity index (χ2n) is 10.6. The average Bonchev–Trinajstić information content (AvgIpc) is 3.27. The van der Waals surface area contributed by atoms with E-state index >= 15 is 0 Å². The highest BCUT2D eigenvalue weighted by molar-refractivity contribution is 6.17. The summed E-state index contributed by atoms with van der Waals surface area (Å²) in [6.45, 7) is 7.82. The Morgan fingerprint density at radius 2 is 1.58 bits per heavy atom. The van der Waals surface area contributed by atoms with Crippen molar-refractivity contribution in [1.29, 1.82) is 0 Å². The third kappa shape index (κ3) is 3.85. The van der Waals surface area contributed by atoms with Crippen LogP contribution in [0.25, 0.3) is 55.1 Å². The maximum atomic E-state index is 8.51. The molecule has 6 aromatic rings. The molecule has 0 amide bonds. The molecule has 0 aliphatic rings. The van der Waals surface area contributed by atoms with Crippen molar-refractivity contribution < 1.29 is 11.7 Å². The normalized spacial score (nSPS) is 13.4. The van der Waals surface area contributed by atoms with Crippen LogP contribution in [0.1, 0.15) is 34.8 Å². The number of benzene rings is 3. The molecule has 0 N–H and O–H groups in total. The van der Waals surface area contributed by atoms with Crippen molar-refractivity contribution in [2.75, 3.05) is 0 Å². The van der Waals surface area contributed by atoms with Crippen LogP contribution in [0.2, 0.25) is 0 Å². The minimum Gasteiger partial charge on any atom is -0.454 e. The van der Waals surface area contributed by atoms with Crippen LogP contribution in [0.4, 0.5) is 0 Å². The number of fused-ring (bicyclic) bond motifs is 5. The molecule has 0 spiro atoms. The van der Waals surface area contributed by atoms with E-state index in [2.05, 4.69) is 90.4 Å². The number of nitrogens with zero attached hydrogens (tertiary/aromatic N) is 2. The van der Waals surface area contributed by atoms with Gasteiger partial charge in [-0.05, 0) is 47.9 Å². The zero-order chi connectivity index (χ0) is 26.8. The lowest BCUT2D eigenvalue weighted by molar-refractivity contribution is -0.659. The zero-order valence-corrected chi connectivity index (χ0v) is 21.4. The van der Waals surface area contributed by atoms with Gasteiger partial charge >= 0.3 is 0 Å². The summed E-state index contributed by atoms with van der Waals surface area (Å²) in [6.07, 6.45) is 2.35. The van der Waals surface area contributed by atoms with Gasteiger partial charge in [0.25, 0.3) is 0 Å². The Balaban J connectivity index is 1.45. The van der Waals surface area contributed by atoms with E-state index in [1.165, 1.54) is 5.39 Å². The van der Waals surface area contributed by atoms with Gasteiger partial charge in [-0.2, -0.15) is 0 Å². The molecule has 0 aliphatic carbocycles.